The van der Waals surface area contributed by atoms with Gasteiger partial charge in [-0.3, -0.25) is 5.32 Å². The summed E-state index contributed by atoms with van der Waals surface area (Å²) in [5.74, 6) is 0.332. The number of anilines is 1. The quantitative estimate of drug-likeness (QED) is 0.203. The minimum absolute atomic E-state index is 0.152. The highest BCUT2D eigenvalue weighted by Crippen LogP contribution is 2.37. The van der Waals surface area contributed by atoms with E-state index < -0.39 is 18.5 Å². The number of aliphatic hydroxyl groups excluding tert-OH is 1. The first-order valence-corrected chi connectivity index (χ1v) is 11.9. The molecule has 1 atom stereocenters. The Labute approximate surface area is 216 Å². The van der Waals surface area contributed by atoms with Crippen molar-refractivity contribution in [3.05, 3.63) is 89.3 Å². The molecule has 5 rings (SSSR count). The molecule has 0 saturated heterocycles. The fourth-order valence-corrected chi connectivity index (χ4v) is 4.47. The molecule has 0 aliphatic carbocycles. The summed E-state index contributed by atoms with van der Waals surface area (Å²) in [4.78, 5) is 20.3. The molecule has 3 aromatic carbocycles. The van der Waals surface area contributed by atoms with Crippen molar-refractivity contribution in [2.45, 2.75) is 25.7 Å². The zero-order valence-electron chi connectivity index (χ0n) is 19.7. The number of H-pyrrole nitrogens is 1. The van der Waals surface area contributed by atoms with E-state index in [0.717, 1.165) is 22.2 Å². The summed E-state index contributed by atoms with van der Waals surface area (Å²) >= 11 is 6.21. The Morgan fingerprint density at radius 3 is 2.62 bits per heavy atom. The van der Waals surface area contributed by atoms with Gasteiger partial charge in [-0.05, 0) is 30.2 Å². The number of halogens is 1. The third-order valence-electron chi connectivity index (χ3n) is 5.94. The number of nitrogens with one attached hydrogen (secondary N) is 2. The number of ether oxygens (including phenoxy) is 1. The van der Waals surface area contributed by atoms with Crippen molar-refractivity contribution < 1.29 is 24.3 Å². The van der Waals surface area contributed by atoms with Gasteiger partial charge in [0.05, 0.1) is 23.6 Å². The van der Waals surface area contributed by atoms with Gasteiger partial charge in [0, 0.05) is 22.6 Å². The van der Waals surface area contributed by atoms with Crippen molar-refractivity contribution >= 4 is 34.4 Å². The molecule has 9 nitrogen and oxygen atoms in total. The number of aliphatic hydroxyl groups is 2. The molecule has 37 heavy (non-hydrogen) atoms. The van der Waals surface area contributed by atoms with Gasteiger partial charge >= 0.3 is 6.09 Å². The van der Waals surface area contributed by atoms with Gasteiger partial charge in [0.1, 0.15) is 17.3 Å². The fraction of sp³-hybridized carbons (Fsp3) is 0.148. The molecule has 0 fully saturated rings. The molecule has 1 unspecified atom stereocenters. The molecule has 5 aromatic rings. The van der Waals surface area contributed by atoms with Crippen LogP contribution in [0, 0.1) is 0 Å². The van der Waals surface area contributed by atoms with Crippen LogP contribution >= 0.6 is 11.6 Å². The van der Waals surface area contributed by atoms with Crippen LogP contribution in [-0.2, 0) is 11.2 Å². The van der Waals surface area contributed by atoms with Gasteiger partial charge in [0.25, 0.3) is 0 Å². The van der Waals surface area contributed by atoms with Gasteiger partial charge in [-0.2, -0.15) is 0 Å². The first-order valence-electron chi connectivity index (χ1n) is 11.5. The first kappa shape index (κ1) is 24.5. The standard InChI is InChI=1S/C27H23ClN4O5/c1-15(18-4-2-3-5-21(18)28)36-27(35)32-22-13-31-37-26(22)20-11-10-19(24-25(20)30-14-29-24)17-8-6-16(7-9-17)12-23(33)34/h2-11,13-15,23,33-34H,12H2,1H3,(H,29,30)(H,32,35). The smallest absolute Gasteiger partial charge is 0.412 e. The summed E-state index contributed by atoms with van der Waals surface area (Å²) in [5, 5.41) is 25.5. The summed E-state index contributed by atoms with van der Waals surface area (Å²) in [5.41, 5.74) is 5.69. The zero-order chi connectivity index (χ0) is 25.9. The van der Waals surface area contributed by atoms with Crippen molar-refractivity contribution in [1.29, 1.82) is 0 Å². The van der Waals surface area contributed by atoms with Crippen molar-refractivity contribution in [2.75, 3.05) is 5.32 Å². The van der Waals surface area contributed by atoms with E-state index in [1.165, 1.54) is 6.20 Å². The van der Waals surface area contributed by atoms with Crippen LogP contribution in [0.1, 0.15) is 24.2 Å². The predicted molar refractivity (Wildman–Crippen MR) is 139 cm³/mol. The summed E-state index contributed by atoms with van der Waals surface area (Å²) in [6.45, 7) is 1.74. The monoisotopic (exact) mass is 518 g/mol. The third kappa shape index (κ3) is 5.19. The molecule has 0 bridgehead atoms. The summed E-state index contributed by atoms with van der Waals surface area (Å²) < 4.78 is 11.0. The highest BCUT2D eigenvalue weighted by molar-refractivity contribution is 6.31. The lowest BCUT2D eigenvalue weighted by molar-refractivity contribution is -0.0381. The van der Waals surface area contributed by atoms with Crippen LogP contribution in [0.15, 0.2) is 77.7 Å². The van der Waals surface area contributed by atoms with Crippen molar-refractivity contribution in [1.82, 2.24) is 15.1 Å². The minimum Gasteiger partial charge on any atom is -0.441 e. The highest BCUT2D eigenvalue weighted by Gasteiger charge is 2.21. The molecular formula is C27H23ClN4O5. The van der Waals surface area contributed by atoms with Gasteiger partial charge in [0.2, 0.25) is 0 Å². The van der Waals surface area contributed by atoms with E-state index in [1.54, 1.807) is 31.5 Å². The van der Waals surface area contributed by atoms with Gasteiger partial charge in [-0.15, -0.1) is 0 Å². The first-order chi connectivity index (χ1) is 17.9. The lowest BCUT2D eigenvalue weighted by atomic mass is 9.98. The van der Waals surface area contributed by atoms with Crippen LogP contribution in [0.5, 0.6) is 0 Å². The maximum Gasteiger partial charge on any atom is 0.412 e. The zero-order valence-corrected chi connectivity index (χ0v) is 20.4. The van der Waals surface area contributed by atoms with Crippen LogP contribution in [0.4, 0.5) is 10.5 Å². The maximum absolute atomic E-state index is 12.6. The van der Waals surface area contributed by atoms with Gasteiger partial charge < -0.3 is 24.5 Å². The molecule has 0 radical (unpaired) electrons. The number of carbonyl (C=O) groups is 1. The Balaban J connectivity index is 1.39. The number of benzene rings is 3. The number of nitrogens with zero attached hydrogens (tertiary/aromatic N) is 2. The van der Waals surface area contributed by atoms with Crippen LogP contribution in [0.3, 0.4) is 0 Å². The van der Waals surface area contributed by atoms with Crippen molar-refractivity contribution in [3.63, 3.8) is 0 Å². The molecule has 1 amide bonds. The topological polar surface area (TPSA) is 134 Å². The van der Waals surface area contributed by atoms with Crippen molar-refractivity contribution in [2.24, 2.45) is 0 Å². The number of imidazole rings is 1. The molecule has 10 heteroatoms. The van der Waals surface area contributed by atoms with Gasteiger partial charge in [0.15, 0.2) is 12.1 Å². The number of carbonyl (C=O) groups excluding carboxylic acids is 1. The summed E-state index contributed by atoms with van der Waals surface area (Å²) in [6.07, 6.45) is 0.487. The van der Waals surface area contributed by atoms with E-state index in [2.05, 4.69) is 20.4 Å². The molecule has 188 valence electrons. The van der Waals surface area contributed by atoms with E-state index in [-0.39, 0.29) is 6.42 Å². The number of amides is 1. The molecule has 0 aliphatic heterocycles. The summed E-state index contributed by atoms with van der Waals surface area (Å²) in [7, 11) is 0. The van der Waals surface area contributed by atoms with Gasteiger partial charge in [-0.25, -0.2) is 9.78 Å². The predicted octanol–water partition coefficient (Wildman–Crippen LogP) is 5.70. The second kappa shape index (κ2) is 10.4. The maximum atomic E-state index is 12.6. The van der Waals surface area contributed by atoms with E-state index in [0.29, 0.717) is 33.1 Å². The average molecular weight is 519 g/mol. The number of fused-ring (bicyclic) bond motifs is 1. The summed E-state index contributed by atoms with van der Waals surface area (Å²) in [6, 6.07) is 18.4. The molecule has 2 aromatic heterocycles. The largest absolute Gasteiger partial charge is 0.441 e. The second-order valence-electron chi connectivity index (χ2n) is 8.43. The third-order valence-corrected chi connectivity index (χ3v) is 6.29. The fourth-order valence-electron chi connectivity index (χ4n) is 4.18. The number of aromatic nitrogens is 3. The van der Waals surface area contributed by atoms with E-state index in [1.807, 2.05) is 42.5 Å². The van der Waals surface area contributed by atoms with Crippen LogP contribution in [-0.4, -0.2) is 37.7 Å². The molecule has 0 spiro atoms. The van der Waals surface area contributed by atoms with Crippen molar-refractivity contribution in [3.8, 4) is 22.5 Å². The molecule has 4 N–H and O–H groups in total. The Kier molecular flexibility index (Phi) is 6.91. The Hall–Kier alpha value is -4.18. The normalized spacial score (nSPS) is 12.1. The number of aromatic amines is 1. The van der Waals surface area contributed by atoms with E-state index in [4.69, 9.17) is 20.9 Å². The van der Waals surface area contributed by atoms with Crippen LogP contribution in [0.25, 0.3) is 33.5 Å². The average Bonchev–Trinajstić information content (AvgIpc) is 3.54. The molecule has 0 aliphatic rings. The van der Waals surface area contributed by atoms with Crippen LogP contribution in [0.2, 0.25) is 5.02 Å². The number of hydrogen-bond donors (Lipinski definition) is 4. The molecular weight excluding hydrogens is 496 g/mol. The SMILES string of the molecule is CC(OC(=O)Nc1cnoc1-c1ccc(-c2ccc(CC(O)O)cc2)c2[nH]cnc12)c1ccccc1Cl. The highest BCUT2D eigenvalue weighted by atomic mass is 35.5. The minimum atomic E-state index is -1.40. The Morgan fingerprint density at radius 2 is 1.86 bits per heavy atom. The molecule has 2 heterocycles. The van der Waals surface area contributed by atoms with E-state index >= 15 is 0 Å². The lowest BCUT2D eigenvalue weighted by Crippen LogP contribution is -2.16. The van der Waals surface area contributed by atoms with E-state index in [9.17, 15) is 15.0 Å². The second-order valence-corrected chi connectivity index (χ2v) is 8.84. The Morgan fingerprint density at radius 1 is 1.11 bits per heavy atom. The lowest BCUT2D eigenvalue weighted by Gasteiger charge is -2.15. The van der Waals surface area contributed by atoms with Crippen LogP contribution < -0.4 is 5.32 Å². The Bertz CT molecular complexity index is 1540. The van der Waals surface area contributed by atoms with Gasteiger partial charge in [-0.1, -0.05) is 65.3 Å². The molecule has 0 saturated carbocycles. The number of rotatable bonds is 7. The number of hydrogen-bond acceptors (Lipinski definition) is 7.